The number of amides is 1. The number of nitrogens with one attached hydrogen (secondary N) is 1. The molecule has 0 unspecified atom stereocenters. The van der Waals surface area contributed by atoms with Gasteiger partial charge in [-0.15, -0.1) is 0 Å². The van der Waals surface area contributed by atoms with Crippen molar-refractivity contribution in [3.8, 4) is 11.1 Å². The largest absolute Gasteiger partial charge is 0.369 e. The van der Waals surface area contributed by atoms with Gasteiger partial charge in [-0.1, -0.05) is 18.2 Å². The minimum atomic E-state index is -0.219. The molecule has 0 aliphatic carbocycles. The number of aryl methyl sites for hydroxylation is 2. The van der Waals surface area contributed by atoms with Crippen molar-refractivity contribution in [3.63, 3.8) is 0 Å². The van der Waals surface area contributed by atoms with E-state index in [1.54, 1.807) is 13.1 Å². The van der Waals surface area contributed by atoms with E-state index in [0.29, 0.717) is 24.3 Å². The van der Waals surface area contributed by atoms with Crippen LogP contribution in [0.2, 0.25) is 0 Å². The normalized spacial score (nSPS) is 19.9. The van der Waals surface area contributed by atoms with Crippen LogP contribution in [0.1, 0.15) is 29.5 Å². The summed E-state index contributed by atoms with van der Waals surface area (Å²) in [6.07, 6.45) is 7.41. The van der Waals surface area contributed by atoms with Crippen molar-refractivity contribution >= 4 is 17.8 Å². The molecule has 2 bridgehead atoms. The molecule has 3 heterocycles. The molecule has 5 rings (SSSR count). The van der Waals surface area contributed by atoms with E-state index in [2.05, 4.69) is 38.3 Å². The van der Waals surface area contributed by atoms with Gasteiger partial charge < -0.3 is 9.80 Å². The van der Waals surface area contributed by atoms with Crippen LogP contribution in [0.25, 0.3) is 11.1 Å². The lowest BCUT2D eigenvalue weighted by atomic mass is 9.97. The van der Waals surface area contributed by atoms with Gasteiger partial charge in [-0.2, -0.15) is 5.10 Å². The fourth-order valence-electron chi connectivity index (χ4n) is 5.38. The molecular formula is C27H30FN5O. The topological polar surface area (TPSA) is 64.6 Å². The Morgan fingerprint density at radius 2 is 2.09 bits per heavy atom. The summed E-state index contributed by atoms with van der Waals surface area (Å²) in [4.78, 5) is 21.8. The standard InChI is InChI=1S/C27H30FN5O/c1-18-3-4-20(25(28)9-18)6-8-27(34)33-16-19-10-24(33)17-32(15-19)26-7-5-21(11-22(26)12-29-2)23-13-30-31-14-23/h3-5,7,9,11-14,19,24H,6,8,10,15-17H2,1-2H3,(H,30,31)/t19-,24-/m0/s1. The molecule has 2 saturated heterocycles. The number of rotatable bonds is 6. The van der Waals surface area contributed by atoms with Crippen LogP contribution in [0.4, 0.5) is 10.1 Å². The van der Waals surface area contributed by atoms with Crippen LogP contribution in [-0.4, -0.2) is 59.9 Å². The third-order valence-electron chi connectivity index (χ3n) is 7.02. The number of aromatic amines is 1. The first-order chi connectivity index (χ1) is 16.5. The van der Waals surface area contributed by atoms with Gasteiger partial charge in [0.2, 0.25) is 5.91 Å². The third-order valence-corrected chi connectivity index (χ3v) is 7.02. The quantitative estimate of drug-likeness (QED) is 0.561. The summed E-state index contributed by atoms with van der Waals surface area (Å²) in [5, 5.41) is 6.92. The van der Waals surface area contributed by atoms with E-state index in [0.717, 1.165) is 54.0 Å². The first-order valence-corrected chi connectivity index (χ1v) is 11.9. The molecule has 34 heavy (non-hydrogen) atoms. The number of nitrogens with zero attached hydrogens (tertiary/aromatic N) is 4. The Morgan fingerprint density at radius 1 is 1.21 bits per heavy atom. The Bertz CT molecular complexity index is 1210. The molecule has 0 radical (unpaired) electrons. The molecule has 1 N–H and O–H groups in total. The van der Waals surface area contributed by atoms with Crippen molar-refractivity contribution in [2.24, 2.45) is 10.9 Å². The third kappa shape index (κ3) is 4.47. The number of carbonyl (C=O) groups excluding carboxylic acids is 1. The van der Waals surface area contributed by atoms with Crippen molar-refractivity contribution in [3.05, 3.63) is 71.3 Å². The highest BCUT2D eigenvalue weighted by atomic mass is 19.1. The van der Waals surface area contributed by atoms with E-state index in [1.807, 2.05) is 36.5 Å². The molecule has 3 aromatic rings. The van der Waals surface area contributed by atoms with Crippen molar-refractivity contribution in [1.29, 1.82) is 0 Å². The van der Waals surface area contributed by atoms with Crippen LogP contribution in [0.15, 0.2) is 53.8 Å². The number of aliphatic imine (C=N–C) groups is 1. The minimum Gasteiger partial charge on any atom is -0.369 e. The van der Waals surface area contributed by atoms with Crippen LogP contribution >= 0.6 is 0 Å². The van der Waals surface area contributed by atoms with E-state index >= 15 is 0 Å². The summed E-state index contributed by atoms with van der Waals surface area (Å²) in [7, 11) is 1.78. The van der Waals surface area contributed by atoms with Gasteiger partial charge >= 0.3 is 0 Å². The van der Waals surface area contributed by atoms with E-state index in [4.69, 9.17) is 0 Å². The highest BCUT2D eigenvalue weighted by Gasteiger charge is 2.41. The maximum Gasteiger partial charge on any atom is 0.223 e. The first kappa shape index (κ1) is 22.3. The van der Waals surface area contributed by atoms with Crippen LogP contribution in [0.5, 0.6) is 0 Å². The lowest BCUT2D eigenvalue weighted by Gasteiger charge is -2.35. The van der Waals surface area contributed by atoms with Crippen molar-refractivity contribution in [2.75, 3.05) is 31.6 Å². The number of H-pyrrole nitrogens is 1. The first-order valence-electron chi connectivity index (χ1n) is 11.9. The number of hydrogen-bond acceptors (Lipinski definition) is 4. The molecule has 176 valence electrons. The molecule has 2 fully saturated rings. The fraction of sp³-hybridized carbons (Fsp3) is 0.370. The second kappa shape index (κ2) is 9.41. The maximum absolute atomic E-state index is 14.2. The summed E-state index contributed by atoms with van der Waals surface area (Å²) in [6, 6.07) is 11.8. The Morgan fingerprint density at radius 3 is 2.85 bits per heavy atom. The van der Waals surface area contributed by atoms with E-state index in [9.17, 15) is 9.18 Å². The van der Waals surface area contributed by atoms with Gasteiger partial charge in [0.15, 0.2) is 0 Å². The van der Waals surface area contributed by atoms with Gasteiger partial charge in [-0.05, 0) is 60.6 Å². The highest BCUT2D eigenvalue weighted by molar-refractivity contribution is 5.90. The van der Waals surface area contributed by atoms with Crippen LogP contribution in [0.3, 0.4) is 0 Å². The molecule has 2 atom stereocenters. The SMILES string of the molecule is CN=Cc1cc(-c2cn[nH]c2)ccc1N1C[C@@H]2C[C@@H](C1)N(C(=O)CCc1ccc(C)cc1F)C2. The smallest absolute Gasteiger partial charge is 0.223 e. The monoisotopic (exact) mass is 459 g/mol. The number of benzene rings is 2. The van der Waals surface area contributed by atoms with Crippen molar-refractivity contribution < 1.29 is 9.18 Å². The zero-order chi connectivity index (χ0) is 23.7. The predicted octanol–water partition coefficient (Wildman–Crippen LogP) is 4.24. The zero-order valence-electron chi connectivity index (χ0n) is 19.7. The summed E-state index contributed by atoms with van der Waals surface area (Å²) in [6.45, 7) is 4.37. The Kier molecular flexibility index (Phi) is 6.18. The Balaban J connectivity index is 1.29. The number of anilines is 1. The number of hydrogen-bond donors (Lipinski definition) is 1. The molecule has 0 saturated carbocycles. The zero-order valence-corrected chi connectivity index (χ0v) is 19.7. The second-order valence-corrected chi connectivity index (χ2v) is 9.45. The highest BCUT2D eigenvalue weighted by Crippen LogP contribution is 2.35. The molecule has 0 spiro atoms. The fourth-order valence-corrected chi connectivity index (χ4v) is 5.38. The molecular weight excluding hydrogens is 429 g/mol. The van der Waals surface area contributed by atoms with Crippen LogP contribution in [0, 0.1) is 18.7 Å². The average molecular weight is 460 g/mol. The number of piperidine rings is 1. The van der Waals surface area contributed by atoms with E-state index < -0.39 is 0 Å². The summed E-state index contributed by atoms with van der Waals surface area (Å²) < 4.78 is 14.2. The minimum absolute atomic E-state index is 0.125. The maximum atomic E-state index is 14.2. The molecule has 1 aromatic heterocycles. The summed E-state index contributed by atoms with van der Waals surface area (Å²) in [5.41, 5.74) is 5.85. The van der Waals surface area contributed by atoms with Gasteiger partial charge in [-0.25, -0.2) is 4.39 Å². The number of likely N-dealkylation sites (tertiary alicyclic amines) is 1. The van der Waals surface area contributed by atoms with Crippen LogP contribution in [-0.2, 0) is 11.2 Å². The number of halogens is 1. The predicted molar refractivity (Wildman–Crippen MR) is 133 cm³/mol. The molecule has 2 aromatic carbocycles. The van der Waals surface area contributed by atoms with Crippen LogP contribution < -0.4 is 4.90 Å². The molecule has 2 aliphatic heterocycles. The van der Waals surface area contributed by atoms with Gasteiger partial charge in [0, 0.05) is 68.4 Å². The lowest BCUT2D eigenvalue weighted by molar-refractivity contribution is -0.131. The van der Waals surface area contributed by atoms with E-state index in [-0.39, 0.29) is 17.8 Å². The summed E-state index contributed by atoms with van der Waals surface area (Å²) >= 11 is 0. The Hall–Kier alpha value is -3.48. The van der Waals surface area contributed by atoms with Gasteiger partial charge in [0.1, 0.15) is 5.82 Å². The van der Waals surface area contributed by atoms with E-state index in [1.165, 1.54) is 6.07 Å². The number of aromatic nitrogens is 2. The summed E-state index contributed by atoms with van der Waals surface area (Å²) in [5.74, 6) is 0.349. The average Bonchev–Trinajstić information content (AvgIpc) is 3.46. The lowest BCUT2D eigenvalue weighted by Crippen LogP contribution is -2.44. The van der Waals surface area contributed by atoms with Gasteiger partial charge in [0.05, 0.1) is 6.20 Å². The van der Waals surface area contributed by atoms with Gasteiger partial charge in [0.25, 0.3) is 0 Å². The molecule has 6 nitrogen and oxygen atoms in total. The molecule has 1 amide bonds. The van der Waals surface area contributed by atoms with Gasteiger partial charge in [-0.3, -0.25) is 14.9 Å². The number of fused-ring (bicyclic) bond motifs is 2. The Labute approximate surface area is 199 Å². The number of carbonyl (C=O) groups is 1. The second-order valence-electron chi connectivity index (χ2n) is 9.45. The van der Waals surface area contributed by atoms with Crippen molar-refractivity contribution in [2.45, 2.75) is 32.2 Å². The van der Waals surface area contributed by atoms with Crippen molar-refractivity contribution in [1.82, 2.24) is 15.1 Å². The molecule has 7 heteroatoms. The molecule has 2 aliphatic rings.